The topological polar surface area (TPSA) is 18.5 Å². The maximum absolute atomic E-state index is 6.15. The van der Waals surface area contributed by atoms with Gasteiger partial charge in [-0.15, -0.1) is 11.3 Å². The van der Waals surface area contributed by atoms with Crippen LogP contribution < -0.4 is 0 Å². The van der Waals surface area contributed by atoms with Gasteiger partial charge in [0, 0.05) is 10.5 Å². The molecular formula is C17H21BO2S2. The first kappa shape index (κ1) is 16.1. The van der Waals surface area contributed by atoms with Crippen molar-refractivity contribution in [2.45, 2.75) is 38.9 Å². The van der Waals surface area contributed by atoms with Crippen LogP contribution in [0, 0.1) is 0 Å². The van der Waals surface area contributed by atoms with Crippen molar-refractivity contribution < 1.29 is 9.31 Å². The monoisotopic (exact) mass is 332 g/mol. The molecule has 0 aliphatic carbocycles. The second-order valence-electron chi connectivity index (χ2n) is 6.65. The average molecular weight is 332 g/mol. The van der Waals surface area contributed by atoms with E-state index < -0.39 is 0 Å². The van der Waals surface area contributed by atoms with Gasteiger partial charge in [0.15, 0.2) is 0 Å². The van der Waals surface area contributed by atoms with Crippen LogP contribution in [0.4, 0.5) is 0 Å². The maximum Gasteiger partial charge on any atom is 0.491 e. The van der Waals surface area contributed by atoms with Crippen LogP contribution >= 0.6 is 24.0 Å². The molecule has 0 amide bonds. The van der Waals surface area contributed by atoms with Crippen LogP contribution in [-0.2, 0) is 9.31 Å². The summed E-state index contributed by atoms with van der Waals surface area (Å²) in [6.45, 7) is 8.29. The number of rotatable bonds is 3. The van der Waals surface area contributed by atoms with E-state index in [1.807, 2.05) is 0 Å². The molecule has 116 valence electrons. The molecule has 2 nitrogen and oxygen atoms in total. The SMILES string of the molecule is CC1(C)OB(C(=Cc2cccc3sccc23)CS)OC1(C)C. The Morgan fingerprint density at radius 1 is 1.18 bits per heavy atom. The number of hydrogen-bond donors (Lipinski definition) is 1. The molecule has 0 spiro atoms. The molecule has 0 atom stereocenters. The minimum atomic E-state index is -0.337. The van der Waals surface area contributed by atoms with Crippen molar-refractivity contribution in [3.8, 4) is 0 Å². The fourth-order valence-corrected chi connectivity index (χ4v) is 3.59. The van der Waals surface area contributed by atoms with Crippen molar-refractivity contribution in [3.05, 3.63) is 40.7 Å². The molecule has 0 radical (unpaired) electrons. The highest BCUT2D eigenvalue weighted by Crippen LogP contribution is 2.39. The first-order valence-corrected chi connectivity index (χ1v) is 8.98. The van der Waals surface area contributed by atoms with Gasteiger partial charge in [0.1, 0.15) is 0 Å². The van der Waals surface area contributed by atoms with Gasteiger partial charge in [0.2, 0.25) is 0 Å². The lowest BCUT2D eigenvalue weighted by molar-refractivity contribution is 0.00578. The van der Waals surface area contributed by atoms with E-state index in [2.05, 4.69) is 76.0 Å². The average Bonchev–Trinajstić information content (AvgIpc) is 2.99. The summed E-state index contributed by atoms with van der Waals surface area (Å²) in [7, 11) is -0.337. The molecule has 1 aromatic carbocycles. The van der Waals surface area contributed by atoms with Crippen molar-refractivity contribution in [2.75, 3.05) is 5.75 Å². The van der Waals surface area contributed by atoms with Crippen LogP contribution in [0.2, 0.25) is 0 Å². The number of fused-ring (bicyclic) bond motifs is 1. The predicted molar refractivity (Wildman–Crippen MR) is 99.7 cm³/mol. The number of hydrogen-bond acceptors (Lipinski definition) is 4. The van der Waals surface area contributed by atoms with E-state index in [9.17, 15) is 0 Å². The summed E-state index contributed by atoms with van der Waals surface area (Å²) >= 11 is 6.25. The summed E-state index contributed by atoms with van der Waals surface area (Å²) in [6.07, 6.45) is 2.16. The molecule has 0 N–H and O–H groups in total. The van der Waals surface area contributed by atoms with Crippen LogP contribution in [0.1, 0.15) is 33.3 Å². The molecule has 22 heavy (non-hydrogen) atoms. The van der Waals surface area contributed by atoms with Crippen molar-refractivity contribution in [1.82, 2.24) is 0 Å². The molecule has 1 aliphatic rings. The fraction of sp³-hybridized carbons (Fsp3) is 0.412. The van der Waals surface area contributed by atoms with Gasteiger partial charge in [0.05, 0.1) is 11.2 Å². The van der Waals surface area contributed by atoms with E-state index in [0.717, 1.165) is 5.47 Å². The third-order valence-electron chi connectivity index (χ3n) is 4.61. The van der Waals surface area contributed by atoms with Gasteiger partial charge in [-0.25, -0.2) is 0 Å². The van der Waals surface area contributed by atoms with Gasteiger partial charge in [-0.05, 0) is 61.6 Å². The second kappa shape index (κ2) is 5.71. The van der Waals surface area contributed by atoms with Gasteiger partial charge in [-0.3, -0.25) is 0 Å². The van der Waals surface area contributed by atoms with E-state index >= 15 is 0 Å². The Hall–Kier alpha value is -0.745. The van der Waals surface area contributed by atoms with Crippen molar-refractivity contribution in [3.63, 3.8) is 0 Å². The highest BCUT2D eigenvalue weighted by Gasteiger charge is 2.52. The Bertz CT molecular complexity index is 702. The van der Waals surface area contributed by atoms with E-state index in [-0.39, 0.29) is 18.3 Å². The highest BCUT2D eigenvalue weighted by molar-refractivity contribution is 7.80. The smallest absolute Gasteiger partial charge is 0.400 e. The van der Waals surface area contributed by atoms with Crippen LogP contribution in [0.15, 0.2) is 35.1 Å². The Labute approximate surface area is 142 Å². The van der Waals surface area contributed by atoms with E-state index in [1.165, 1.54) is 15.6 Å². The molecule has 5 heteroatoms. The lowest BCUT2D eigenvalue weighted by Crippen LogP contribution is -2.41. The molecule has 1 fully saturated rings. The summed E-state index contributed by atoms with van der Waals surface area (Å²) < 4.78 is 13.6. The van der Waals surface area contributed by atoms with Crippen LogP contribution in [0.5, 0.6) is 0 Å². The standard InChI is InChI=1S/C17H21BO2S2/c1-16(2)17(3,4)20-18(19-16)13(11-21)10-12-6-5-7-15-14(12)8-9-22-15/h5-10,21H,11H2,1-4H3. The van der Waals surface area contributed by atoms with Crippen LogP contribution in [-0.4, -0.2) is 24.1 Å². The minimum absolute atomic E-state index is 0.325. The molecule has 1 aliphatic heterocycles. The molecule has 1 saturated heterocycles. The number of thiophene rings is 1. The molecule has 1 aromatic heterocycles. The van der Waals surface area contributed by atoms with Gasteiger partial charge >= 0.3 is 7.12 Å². The zero-order valence-electron chi connectivity index (χ0n) is 13.4. The summed E-state index contributed by atoms with van der Waals surface area (Å²) in [5, 5.41) is 3.39. The van der Waals surface area contributed by atoms with Gasteiger partial charge < -0.3 is 9.31 Å². The third-order valence-corrected chi connectivity index (χ3v) is 5.86. The first-order valence-electron chi connectivity index (χ1n) is 7.47. The lowest BCUT2D eigenvalue weighted by atomic mass is 9.78. The van der Waals surface area contributed by atoms with Crippen LogP contribution in [0.25, 0.3) is 16.2 Å². The van der Waals surface area contributed by atoms with E-state index in [1.54, 1.807) is 11.3 Å². The summed E-state index contributed by atoms with van der Waals surface area (Å²) in [5.41, 5.74) is 1.60. The molecule has 2 aromatic rings. The highest BCUT2D eigenvalue weighted by atomic mass is 32.1. The third kappa shape index (κ3) is 2.76. The summed E-state index contributed by atoms with van der Waals surface area (Å²) in [5.74, 6) is 0.608. The van der Waals surface area contributed by atoms with Gasteiger partial charge in [-0.1, -0.05) is 18.2 Å². The van der Waals surface area contributed by atoms with E-state index in [0.29, 0.717) is 5.75 Å². The molecule has 0 unspecified atom stereocenters. The second-order valence-corrected chi connectivity index (χ2v) is 7.91. The zero-order valence-corrected chi connectivity index (χ0v) is 15.1. The molecular weight excluding hydrogens is 311 g/mol. The van der Waals surface area contributed by atoms with Crippen molar-refractivity contribution in [1.29, 1.82) is 0 Å². The number of thiol groups is 1. The Kier molecular flexibility index (Phi) is 4.19. The molecule has 3 rings (SSSR count). The molecule has 0 saturated carbocycles. The van der Waals surface area contributed by atoms with Crippen molar-refractivity contribution >= 4 is 47.2 Å². The van der Waals surface area contributed by atoms with Crippen molar-refractivity contribution in [2.24, 2.45) is 0 Å². The maximum atomic E-state index is 6.15. The zero-order chi connectivity index (χ0) is 16.0. The lowest BCUT2D eigenvalue weighted by Gasteiger charge is -2.32. The fourth-order valence-electron chi connectivity index (χ4n) is 2.53. The molecule has 0 bridgehead atoms. The van der Waals surface area contributed by atoms with Gasteiger partial charge in [-0.2, -0.15) is 12.6 Å². The number of benzene rings is 1. The van der Waals surface area contributed by atoms with E-state index in [4.69, 9.17) is 9.31 Å². The quantitative estimate of drug-likeness (QED) is 0.640. The molecule has 2 heterocycles. The van der Waals surface area contributed by atoms with Crippen LogP contribution in [0.3, 0.4) is 0 Å². The summed E-state index contributed by atoms with van der Waals surface area (Å²) in [4.78, 5) is 0. The minimum Gasteiger partial charge on any atom is -0.400 e. The first-order chi connectivity index (χ1) is 10.3. The Morgan fingerprint density at radius 3 is 2.50 bits per heavy atom. The Morgan fingerprint density at radius 2 is 1.86 bits per heavy atom. The Balaban J connectivity index is 1.97. The normalized spacial score (nSPS) is 20.8. The predicted octanol–water partition coefficient (Wildman–Crippen LogP) is 4.85. The largest absolute Gasteiger partial charge is 0.491 e. The van der Waals surface area contributed by atoms with Gasteiger partial charge in [0.25, 0.3) is 0 Å². The summed E-state index contributed by atoms with van der Waals surface area (Å²) in [6, 6.07) is 8.52.